The number of carbonyl (C=O) groups is 1. The molecule has 1 aromatic rings. The fourth-order valence-corrected chi connectivity index (χ4v) is 3.58. The lowest BCUT2D eigenvalue weighted by atomic mass is 10.2. The van der Waals surface area contributed by atoms with E-state index in [1.54, 1.807) is 0 Å². The van der Waals surface area contributed by atoms with Crippen LogP contribution in [0.5, 0.6) is 0 Å². The molecular formula is C12H17N3O4S. The van der Waals surface area contributed by atoms with Gasteiger partial charge in [0.1, 0.15) is 6.04 Å². The largest absolute Gasteiger partial charge is 0.399 e. The molecule has 0 aliphatic carbocycles. The third-order valence-corrected chi connectivity index (χ3v) is 5.04. The van der Waals surface area contributed by atoms with Gasteiger partial charge in [0.2, 0.25) is 15.9 Å². The number of ether oxygens (including phenoxy) is 1. The predicted octanol–water partition coefficient (Wildman–Crippen LogP) is -0.596. The minimum atomic E-state index is -3.75. The maximum atomic E-state index is 12.6. The van der Waals surface area contributed by atoms with Gasteiger partial charge in [-0.2, -0.15) is 4.31 Å². The van der Waals surface area contributed by atoms with Crippen molar-refractivity contribution in [1.82, 2.24) is 9.62 Å². The maximum Gasteiger partial charge on any atom is 0.243 e. The Morgan fingerprint density at radius 2 is 2.05 bits per heavy atom. The summed E-state index contributed by atoms with van der Waals surface area (Å²) in [7, 11) is -2.28. The van der Waals surface area contributed by atoms with E-state index in [0.717, 1.165) is 0 Å². The number of rotatable bonds is 3. The molecule has 0 saturated carbocycles. The molecule has 7 nitrogen and oxygen atoms in total. The van der Waals surface area contributed by atoms with Crippen molar-refractivity contribution in [1.29, 1.82) is 0 Å². The summed E-state index contributed by atoms with van der Waals surface area (Å²) < 4.78 is 31.5. The second-order valence-corrected chi connectivity index (χ2v) is 6.28. The Hall–Kier alpha value is -1.64. The first-order valence-electron chi connectivity index (χ1n) is 6.13. The molecule has 1 saturated heterocycles. The van der Waals surface area contributed by atoms with Crippen LogP contribution in [0.3, 0.4) is 0 Å². The first kappa shape index (κ1) is 14.8. The Morgan fingerprint density at radius 1 is 1.40 bits per heavy atom. The number of hydrogen-bond donors (Lipinski definition) is 2. The van der Waals surface area contributed by atoms with E-state index >= 15 is 0 Å². The number of nitrogen functional groups attached to an aromatic ring is 1. The highest BCUT2D eigenvalue weighted by Gasteiger charge is 2.37. The van der Waals surface area contributed by atoms with Crippen LogP contribution in [0.1, 0.15) is 0 Å². The molecule has 1 amide bonds. The van der Waals surface area contributed by atoms with Crippen molar-refractivity contribution in [2.75, 3.05) is 32.5 Å². The van der Waals surface area contributed by atoms with Gasteiger partial charge < -0.3 is 15.8 Å². The maximum absolute atomic E-state index is 12.6. The highest BCUT2D eigenvalue weighted by atomic mass is 32.2. The number of sulfonamides is 1. The Kier molecular flexibility index (Phi) is 4.26. The van der Waals surface area contributed by atoms with E-state index in [0.29, 0.717) is 5.69 Å². The number of morpholine rings is 1. The van der Waals surface area contributed by atoms with Crippen LogP contribution in [0.4, 0.5) is 5.69 Å². The van der Waals surface area contributed by atoms with Crippen molar-refractivity contribution >= 4 is 21.6 Å². The molecule has 1 unspecified atom stereocenters. The zero-order valence-electron chi connectivity index (χ0n) is 11.1. The third-order valence-electron chi connectivity index (χ3n) is 3.12. The van der Waals surface area contributed by atoms with E-state index in [-0.39, 0.29) is 30.6 Å². The number of benzene rings is 1. The second kappa shape index (κ2) is 5.78. The van der Waals surface area contributed by atoms with Crippen LogP contribution in [0, 0.1) is 0 Å². The van der Waals surface area contributed by atoms with Gasteiger partial charge in [0.15, 0.2) is 0 Å². The average molecular weight is 299 g/mol. The minimum Gasteiger partial charge on any atom is -0.399 e. The Balaban J connectivity index is 2.35. The van der Waals surface area contributed by atoms with Gasteiger partial charge in [0.05, 0.1) is 18.1 Å². The van der Waals surface area contributed by atoms with E-state index in [9.17, 15) is 13.2 Å². The van der Waals surface area contributed by atoms with Crippen LogP contribution in [0.15, 0.2) is 29.2 Å². The van der Waals surface area contributed by atoms with E-state index in [4.69, 9.17) is 10.5 Å². The van der Waals surface area contributed by atoms with Gasteiger partial charge in [-0.3, -0.25) is 4.79 Å². The zero-order valence-corrected chi connectivity index (χ0v) is 11.9. The van der Waals surface area contributed by atoms with Gasteiger partial charge in [-0.15, -0.1) is 0 Å². The van der Waals surface area contributed by atoms with E-state index in [2.05, 4.69) is 5.32 Å². The van der Waals surface area contributed by atoms with Gasteiger partial charge in [0.25, 0.3) is 0 Å². The molecule has 1 atom stereocenters. The van der Waals surface area contributed by atoms with Crippen LogP contribution in [-0.4, -0.2) is 51.5 Å². The smallest absolute Gasteiger partial charge is 0.243 e. The summed E-state index contributed by atoms with van der Waals surface area (Å²) in [6.07, 6.45) is 0. The second-order valence-electron chi connectivity index (χ2n) is 4.39. The zero-order chi connectivity index (χ0) is 14.8. The summed E-state index contributed by atoms with van der Waals surface area (Å²) in [6, 6.07) is 5.04. The molecule has 1 aliphatic heterocycles. The summed E-state index contributed by atoms with van der Waals surface area (Å²) in [6.45, 7) is 0.459. The third kappa shape index (κ3) is 2.77. The molecule has 0 aromatic heterocycles. The van der Waals surface area contributed by atoms with E-state index in [1.807, 2.05) is 0 Å². The molecule has 1 fully saturated rings. The summed E-state index contributed by atoms with van der Waals surface area (Å²) in [5.41, 5.74) is 6.03. The van der Waals surface area contributed by atoms with Crippen LogP contribution >= 0.6 is 0 Å². The fourth-order valence-electron chi connectivity index (χ4n) is 2.02. The first-order chi connectivity index (χ1) is 9.46. The lowest BCUT2D eigenvalue weighted by Crippen LogP contribution is -2.55. The van der Waals surface area contributed by atoms with Crippen LogP contribution in [-0.2, 0) is 19.6 Å². The van der Waals surface area contributed by atoms with Crippen molar-refractivity contribution < 1.29 is 17.9 Å². The number of nitrogens with zero attached hydrogens (tertiary/aromatic N) is 1. The summed E-state index contributed by atoms with van der Waals surface area (Å²) in [4.78, 5) is 11.9. The van der Waals surface area contributed by atoms with Crippen molar-refractivity contribution in [2.45, 2.75) is 10.9 Å². The molecule has 1 aliphatic rings. The molecule has 0 radical (unpaired) electrons. The van der Waals surface area contributed by atoms with E-state index < -0.39 is 16.1 Å². The summed E-state index contributed by atoms with van der Waals surface area (Å²) in [5, 5.41) is 2.45. The number of nitrogens with one attached hydrogen (secondary N) is 1. The minimum absolute atomic E-state index is 0.0495. The standard InChI is InChI=1S/C12H17N3O4S/c1-14-12(16)11-8-19-7-6-15(11)20(17,18)10-4-2-9(13)3-5-10/h2-5,11H,6-8,13H2,1H3,(H,14,16). The molecule has 8 heteroatoms. The summed E-state index contributed by atoms with van der Waals surface area (Å²) >= 11 is 0. The molecule has 0 spiro atoms. The Labute approximate surface area is 117 Å². The van der Waals surface area contributed by atoms with Gasteiger partial charge in [-0.05, 0) is 24.3 Å². The number of amides is 1. The number of anilines is 1. The SMILES string of the molecule is CNC(=O)C1COCCN1S(=O)(=O)c1ccc(N)cc1. The van der Waals surface area contributed by atoms with Crippen molar-refractivity contribution in [3.8, 4) is 0 Å². The fraction of sp³-hybridized carbons (Fsp3) is 0.417. The highest BCUT2D eigenvalue weighted by Crippen LogP contribution is 2.21. The van der Waals surface area contributed by atoms with Gasteiger partial charge in [-0.25, -0.2) is 8.42 Å². The van der Waals surface area contributed by atoms with Crippen molar-refractivity contribution in [2.24, 2.45) is 0 Å². The van der Waals surface area contributed by atoms with Crippen LogP contribution in [0.2, 0.25) is 0 Å². The number of hydrogen-bond acceptors (Lipinski definition) is 5. The number of likely N-dealkylation sites (N-methyl/N-ethyl adjacent to an activating group) is 1. The van der Waals surface area contributed by atoms with Crippen molar-refractivity contribution in [3.05, 3.63) is 24.3 Å². The molecule has 110 valence electrons. The normalized spacial score (nSPS) is 20.6. The van der Waals surface area contributed by atoms with Gasteiger partial charge in [0, 0.05) is 19.3 Å². The molecule has 3 N–H and O–H groups in total. The predicted molar refractivity (Wildman–Crippen MR) is 73.4 cm³/mol. The molecule has 1 aromatic carbocycles. The Morgan fingerprint density at radius 3 is 2.65 bits per heavy atom. The average Bonchev–Trinajstić information content (AvgIpc) is 2.47. The quantitative estimate of drug-likeness (QED) is 0.726. The molecular weight excluding hydrogens is 282 g/mol. The number of carbonyl (C=O) groups excluding carboxylic acids is 1. The monoisotopic (exact) mass is 299 g/mol. The highest BCUT2D eigenvalue weighted by molar-refractivity contribution is 7.89. The topological polar surface area (TPSA) is 102 Å². The lowest BCUT2D eigenvalue weighted by molar-refractivity contribution is -0.128. The molecule has 1 heterocycles. The first-order valence-corrected chi connectivity index (χ1v) is 7.57. The number of nitrogens with two attached hydrogens (primary N) is 1. The van der Waals surface area contributed by atoms with Crippen molar-refractivity contribution in [3.63, 3.8) is 0 Å². The van der Waals surface area contributed by atoms with Gasteiger partial charge in [-0.1, -0.05) is 0 Å². The molecule has 2 rings (SSSR count). The lowest BCUT2D eigenvalue weighted by Gasteiger charge is -2.33. The summed E-state index contributed by atoms with van der Waals surface area (Å²) in [5.74, 6) is -0.385. The Bertz CT molecular complexity index is 585. The van der Waals surface area contributed by atoms with Gasteiger partial charge >= 0.3 is 0 Å². The van der Waals surface area contributed by atoms with Crippen LogP contribution in [0.25, 0.3) is 0 Å². The molecule has 20 heavy (non-hydrogen) atoms. The molecule has 0 bridgehead atoms. The van der Waals surface area contributed by atoms with Crippen LogP contribution < -0.4 is 11.1 Å². The van der Waals surface area contributed by atoms with E-state index in [1.165, 1.54) is 35.6 Å².